The van der Waals surface area contributed by atoms with Gasteiger partial charge in [0.15, 0.2) is 0 Å². The Bertz CT molecular complexity index is 608. The van der Waals surface area contributed by atoms with E-state index in [1.165, 1.54) is 11.1 Å². The summed E-state index contributed by atoms with van der Waals surface area (Å²) in [6.07, 6.45) is 0. The number of aromatic nitrogens is 1. The van der Waals surface area contributed by atoms with Crippen molar-refractivity contribution in [3.05, 3.63) is 58.8 Å². The first kappa shape index (κ1) is 13.6. The van der Waals surface area contributed by atoms with Crippen molar-refractivity contribution in [3.8, 4) is 0 Å². The van der Waals surface area contributed by atoms with Crippen molar-refractivity contribution in [3.63, 3.8) is 0 Å². The molecule has 98 valence electrons. The van der Waals surface area contributed by atoms with Crippen LogP contribution in [0.1, 0.15) is 22.4 Å². The van der Waals surface area contributed by atoms with Gasteiger partial charge in [-0.3, -0.25) is 5.41 Å². The fourth-order valence-electron chi connectivity index (χ4n) is 1.77. The minimum absolute atomic E-state index is 0.0692. The highest BCUT2D eigenvalue weighted by molar-refractivity contribution is 7.98. The van der Waals surface area contributed by atoms with Gasteiger partial charge in [-0.25, -0.2) is 4.98 Å². The van der Waals surface area contributed by atoms with Crippen LogP contribution in [0.5, 0.6) is 0 Å². The fraction of sp³-hybridized carbons (Fsp3) is 0.200. The molecule has 0 aliphatic rings. The predicted molar refractivity (Wildman–Crippen MR) is 80.7 cm³/mol. The second kappa shape index (κ2) is 5.89. The number of rotatable bonds is 4. The molecule has 4 heteroatoms. The molecule has 1 heterocycles. The first-order chi connectivity index (χ1) is 9.08. The minimum atomic E-state index is 0.0692. The number of hydrogen-bond acceptors (Lipinski definition) is 3. The number of amidine groups is 1. The van der Waals surface area contributed by atoms with E-state index < -0.39 is 0 Å². The number of nitrogens with two attached hydrogens (primary N) is 1. The standard InChI is InChI=1S/C15H17N3S/c1-10-5-3-4-6-12(10)9-19-15-13(14(16)17)8-7-11(2)18-15/h3-8H,9H2,1-2H3,(H3,16,17). The third kappa shape index (κ3) is 3.35. The third-order valence-electron chi connectivity index (χ3n) is 2.92. The fourth-order valence-corrected chi connectivity index (χ4v) is 2.92. The second-order valence-electron chi connectivity index (χ2n) is 4.43. The summed E-state index contributed by atoms with van der Waals surface area (Å²) in [5, 5.41) is 8.43. The molecule has 0 aliphatic heterocycles. The third-order valence-corrected chi connectivity index (χ3v) is 3.96. The van der Waals surface area contributed by atoms with Crippen molar-refractivity contribution in [2.45, 2.75) is 24.6 Å². The van der Waals surface area contributed by atoms with Crippen LogP contribution in [-0.4, -0.2) is 10.8 Å². The van der Waals surface area contributed by atoms with Gasteiger partial charge in [0, 0.05) is 17.0 Å². The molecule has 2 rings (SSSR count). The minimum Gasteiger partial charge on any atom is -0.384 e. The maximum absolute atomic E-state index is 7.60. The van der Waals surface area contributed by atoms with Crippen LogP contribution < -0.4 is 5.73 Å². The predicted octanol–water partition coefficient (Wildman–Crippen LogP) is 3.27. The van der Waals surface area contributed by atoms with Crippen molar-refractivity contribution in [2.24, 2.45) is 5.73 Å². The van der Waals surface area contributed by atoms with Gasteiger partial charge in [0.25, 0.3) is 0 Å². The van der Waals surface area contributed by atoms with Crippen molar-refractivity contribution >= 4 is 17.6 Å². The highest BCUT2D eigenvalue weighted by Gasteiger charge is 2.09. The molecule has 0 radical (unpaired) electrons. The molecule has 0 spiro atoms. The molecule has 0 fully saturated rings. The van der Waals surface area contributed by atoms with E-state index in [1.54, 1.807) is 11.8 Å². The number of nitrogens with one attached hydrogen (secondary N) is 1. The Hall–Kier alpha value is -1.81. The smallest absolute Gasteiger partial charge is 0.125 e. The number of pyridine rings is 1. The van der Waals surface area contributed by atoms with Gasteiger partial charge in [0.1, 0.15) is 10.9 Å². The molecule has 0 saturated heterocycles. The number of nitrogens with zero attached hydrogens (tertiary/aromatic N) is 1. The van der Waals surface area contributed by atoms with Crippen molar-refractivity contribution in [1.29, 1.82) is 5.41 Å². The molecular weight excluding hydrogens is 254 g/mol. The van der Waals surface area contributed by atoms with Crippen LogP contribution in [0.25, 0.3) is 0 Å². The van der Waals surface area contributed by atoms with Crippen LogP contribution in [0, 0.1) is 19.3 Å². The SMILES string of the molecule is Cc1ccc(C(=N)N)c(SCc2ccccc2C)n1. The zero-order valence-electron chi connectivity index (χ0n) is 11.1. The lowest BCUT2D eigenvalue weighted by Crippen LogP contribution is -2.13. The van der Waals surface area contributed by atoms with E-state index in [9.17, 15) is 0 Å². The van der Waals surface area contributed by atoms with Crippen molar-refractivity contribution in [1.82, 2.24) is 4.98 Å². The molecule has 0 saturated carbocycles. The number of aryl methyl sites for hydroxylation is 2. The van der Waals surface area contributed by atoms with Gasteiger partial charge < -0.3 is 5.73 Å². The van der Waals surface area contributed by atoms with Crippen LogP contribution in [0.15, 0.2) is 41.4 Å². The Morgan fingerprint density at radius 3 is 2.63 bits per heavy atom. The van der Waals surface area contributed by atoms with E-state index in [0.717, 1.165) is 16.5 Å². The largest absolute Gasteiger partial charge is 0.384 e. The lowest BCUT2D eigenvalue weighted by molar-refractivity contribution is 1.05. The van der Waals surface area contributed by atoms with E-state index >= 15 is 0 Å². The molecule has 0 atom stereocenters. The number of nitrogen functional groups attached to an aromatic ring is 1. The highest BCUT2D eigenvalue weighted by Crippen LogP contribution is 2.25. The van der Waals surface area contributed by atoms with Crippen LogP contribution in [0.3, 0.4) is 0 Å². The molecule has 19 heavy (non-hydrogen) atoms. The Morgan fingerprint density at radius 2 is 1.95 bits per heavy atom. The van der Waals surface area contributed by atoms with Gasteiger partial charge >= 0.3 is 0 Å². The summed E-state index contributed by atoms with van der Waals surface area (Å²) >= 11 is 1.62. The molecule has 2 aromatic rings. The van der Waals surface area contributed by atoms with Crippen molar-refractivity contribution < 1.29 is 0 Å². The molecule has 3 N–H and O–H groups in total. The van der Waals surface area contributed by atoms with Gasteiger partial charge in [0.2, 0.25) is 0 Å². The number of benzene rings is 1. The maximum Gasteiger partial charge on any atom is 0.125 e. The average molecular weight is 271 g/mol. The lowest BCUT2D eigenvalue weighted by Gasteiger charge is -2.09. The summed E-state index contributed by atoms with van der Waals surface area (Å²) in [6, 6.07) is 12.0. The summed E-state index contributed by atoms with van der Waals surface area (Å²) in [5.41, 5.74) is 9.80. The first-order valence-corrected chi connectivity index (χ1v) is 7.06. The van der Waals surface area contributed by atoms with Crippen LogP contribution in [-0.2, 0) is 5.75 Å². The van der Waals surface area contributed by atoms with E-state index in [0.29, 0.717) is 5.56 Å². The monoisotopic (exact) mass is 271 g/mol. The average Bonchev–Trinajstić information content (AvgIpc) is 2.37. The van der Waals surface area contributed by atoms with E-state index in [1.807, 2.05) is 31.2 Å². The lowest BCUT2D eigenvalue weighted by atomic mass is 10.1. The van der Waals surface area contributed by atoms with Crippen LogP contribution >= 0.6 is 11.8 Å². The zero-order chi connectivity index (χ0) is 13.8. The Morgan fingerprint density at radius 1 is 1.21 bits per heavy atom. The molecular formula is C15H17N3S. The number of thioether (sulfide) groups is 1. The van der Waals surface area contributed by atoms with E-state index in [2.05, 4.69) is 24.0 Å². The molecule has 0 bridgehead atoms. The highest BCUT2D eigenvalue weighted by atomic mass is 32.2. The molecule has 0 amide bonds. The second-order valence-corrected chi connectivity index (χ2v) is 5.40. The molecule has 1 aromatic heterocycles. The van der Waals surface area contributed by atoms with Gasteiger partial charge in [-0.1, -0.05) is 24.3 Å². The summed E-state index contributed by atoms with van der Waals surface area (Å²) in [5.74, 6) is 0.906. The molecule has 3 nitrogen and oxygen atoms in total. The maximum atomic E-state index is 7.60. The summed E-state index contributed by atoms with van der Waals surface area (Å²) in [7, 11) is 0. The van der Waals surface area contributed by atoms with Gasteiger partial charge in [-0.2, -0.15) is 0 Å². The Labute approximate surface area is 117 Å². The summed E-state index contributed by atoms with van der Waals surface area (Å²) in [4.78, 5) is 4.48. The number of hydrogen-bond donors (Lipinski definition) is 2. The van der Waals surface area contributed by atoms with Gasteiger partial charge in [0.05, 0.1) is 0 Å². The molecule has 1 aromatic carbocycles. The topological polar surface area (TPSA) is 62.8 Å². The normalized spacial score (nSPS) is 10.4. The van der Waals surface area contributed by atoms with Gasteiger partial charge in [-0.05, 0) is 37.1 Å². The summed E-state index contributed by atoms with van der Waals surface area (Å²) in [6.45, 7) is 4.05. The molecule has 0 unspecified atom stereocenters. The Kier molecular flexibility index (Phi) is 4.22. The summed E-state index contributed by atoms with van der Waals surface area (Å²) < 4.78 is 0. The molecule has 0 aliphatic carbocycles. The Balaban J connectivity index is 2.22. The zero-order valence-corrected chi connectivity index (χ0v) is 11.9. The van der Waals surface area contributed by atoms with E-state index in [-0.39, 0.29) is 5.84 Å². The van der Waals surface area contributed by atoms with Crippen LogP contribution in [0.2, 0.25) is 0 Å². The van der Waals surface area contributed by atoms with Gasteiger partial charge in [-0.15, -0.1) is 11.8 Å². The first-order valence-electron chi connectivity index (χ1n) is 6.07. The quantitative estimate of drug-likeness (QED) is 0.509. The van der Waals surface area contributed by atoms with Crippen LogP contribution in [0.4, 0.5) is 0 Å². The van der Waals surface area contributed by atoms with Crippen molar-refractivity contribution in [2.75, 3.05) is 0 Å². The van der Waals surface area contributed by atoms with E-state index in [4.69, 9.17) is 11.1 Å².